The third kappa shape index (κ3) is 2.12. The standard InChI is InChI=1S/C11H7BrCl2N2O/c1-16-11(12)7(5-17)10(15-16)6-3-2-4-8(13)9(6)14/h2-5H,1H3. The zero-order valence-electron chi connectivity index (χ0n) is 8.75. The van der Waals surface area contributed by atoms with Crippen LogP contribution >= 0.6 is 39.1 Å². The molecule has 0 aliphatic carbocycles. The smallest absolute Gasteiger partial charge is 0.155 e. The summed E-state index contributed by atoms with van der Waals surface area (Å²) in [7, 11) is 1.74. The molecule has 3 nitrogen and oxygen atoms in total. The number of nitrogens with zero attached hydrogens (tertiary/aromatic N) is 2. The Morgan fingerprint density at radius 2 is 2.12 bits per heavy atom. The highest BCUT2D eigenvalue weighted by atomic mass is 79.9. The molecule has 0 spiro atoms. The van der Waals surface area contributed by atoms with Crippen molar-refractivity contribution in [3.8, 4) is 11.3 Å². The summed E-state index contributed by atoms with van der Waals surface area (Å²) in [5.74, 6) is 0. The highest BCUT2D eigenvalue weighted by molar-refractivity contribution is 9.10. The number of aryl methyl sites for hydroxylation is 1. The van der Waals surface area contributed by atoms with E-state index in [0.717, 1.165) is 6.29 Å². The van der Waals surface area contributed by atoms with Gasteiger partial charge in [-0.05, 0) is 22.0 Å². The fourth-order valence-corrected chi connectivity index (χ4v) is 2.26. The first-order valence-electron chi connectivity index (χ1n) is 4.68. The van der Waals surface area contributed by atoms with Crippen molar-refractivity contribution in [1.82, 2.24) is 9.78 Å². The number of aldehydes is 1. The molecule has 2 aromatic rings. The van der Waals surface area contributed by atoms with E-state index >= 15 is 0 Å². The molecule has 1 aromatic carbocycles. The molecule has 0 saturated heterocycles. The summed E-state index contributed by atoms with van der Waals surface area (Å²) < 4.78 is 2.18. The highest BCUT2D eigenvalue weighted by Gasteiger charge is 2.18. The monoisotopic (exact) mass is 332 g/mol. The second-order valence-corrected chi connectivity index (χ2v) is 4.93. The third-order valence-electron chi connectivity index (χ3n) is 2.34. The molecule has 1 heterocycles. The lowest BCUT2D eigenvalue weighted by molar-refractivity contribution is 0.112. The van der Waals surface area contributed by atoms with Crippen molar-refractivity contribution in [3.63, 3.8) is 0 Å². The number of aromatic nitrogens is 2. The molecule has 0 amide bonds. The van der Waals surface area contributed by atoms with Crippen LogP contribution in [-0.2, 0) is 7.05 Å². The molecule has 0 N–H and O–H groups in total. The molecule has 0 fully saturated rings. The van der Waals surface area contributed by atoms with E-state index in [0.29, 0.717) is 31.5 Å². The summed E-state index contributed by atoms with van der Waals surface area (Å²) in [6.07, 6.45) is 0.740. The van der Waals surface area contributed by atoms with Crippen LogP contribution in [0.25, 0.3) is 11.3 Å². The SMILES string of the molecule is Cn1nc(-c2cccc(Cl)c2Cl)c(C=O)c1Br. The molecule has 0 bridgehead atoms. The van der Waals surface area contributed by atoms with Crippen molar-refractivity contribution >= 4 is 45.4 Å². The number of rotatable bonds is 2. The molecule has 6 heteroatoms. The van der Waals surface area contributed by atoms with E-state index in [-0.39, 0.29) is 0 Å². The Balaban J connectivity index is 2.73. The van der Waals surface area contributed by atoms with Crippen LogP contribution in [0.3, 0.4) is 0 Å². The lowest BCUT2D eigenvalue weighted by Gasteiger charge is -2.02. The summed E-state index contributed by atoms with van der Waals surface area (Å²) >= 11 is 15.3. The molecule has 0 atom stereocenters. The normalized spacial score (nSPS) is 10.6. The van der Waals surface area contributed by atoms with Gasteiger partial charge < -0.3 is 0 Å². The molecule has 2 rings (SSSR count). The molecule has 88 valence electrons. The molecule has 1 aromatic heterocycles. The van der Waals surface area contributed by atoms with Gasteiger partial charge in [0.25, 0.3) is 0 Å². The van der Waals surface area contributed by atoms with E-state index in [4.69, 9.17) is 23.2 Å². The zero-order chi connectivity index (χ0) is 12.6. The predicted octanol–water partition coefficient (Wildman–Crippen LogP) is 3.97. The Hall–Kier alpha value is -0.840. The largest absolute Gasteiger partial charge is 0.298 e. The molecule has 0 unspecified atom stereocenters. The average molecular weight is 334 g/mol. The molecular weight excluding hydrogens is 327 g/mol. The van der Waals surface area contributed by atoms with Gasteiger partial charge in [-0.1, -0.05) is 35.3 Å². The van der Waals surface area contributed by atoms with E-state index in [2.05, 4.69) is 21.0 Å². The summed E-state index contributed by atoms with van der Waals surface area (Å²) in [5.41, 5.74) is 1.61. The van der Waals surface area contributed by atoms with Gasteiger partial charge in [-0.25, -0.2) is 0 Å². The Kier molecular flexibility index (Phi) is 3.56. The Bertz CT molecular complexity index is 595. The van der Waals surface area contributed by atoms with Crippen molar-refractivity contribution in [3.05, 3.63) is 38.4 Å². The van der Waals surface area contributed by atoms with E-state index in [9.17, 15) is 4.79 Å². The second-order valence-electron chi connectivity index (χ2n) is 3.40. The van der Waals surface area contributed by atoms with Gasteiger partial charge >= 0.3 is 0 Å². The van der Waals surface area contributed by atoms with Crippen molar-refractivity contribution in [2.24, 2.45) is 7.05 Å². The maximum atomic E-state index is 11.1. The highest BCUT2D eigenvalue weighted by Crippen LogP contribution is 2.35. The quantitative estimate of drug-likeness (QED) is 0.779. The van der Waals surface area contributed by atoms with Gasteiger partial charge in [-0.3, -0.25) is 9.48 Å². The lowest BCUT2D eigenvalue weighted by Crippen LogP contribution is -1.90. The van der Waals surface area contributed by atoms with Crippen LogP contribution in [0.5, 0.6) is 0 Å². The van der Waals surface area contributed by atoms with Crippen LogP contribution in [0, 0.1) is 0 Å². The van der Waals surface area contributed by atoms with Gasteiger partial charge in [0.1, 0.15) is 10.3 Å². The molecule has 0 aliphatic rings. The summed E-state index contributed by atoms with van der Waals surface area (Å²) in [5, 5.41) is 5.07. The van der Waals surface area contributed by atoms with Crippen molar-refractivity contribution in [2.75, 3.05) is 0 Å². The van der Waals surface area contributed by atoms with Crippen molar-refractivity contribution in [1.29, 1.82) is 0 Å². The topological polar surface area (TPSA) is 34.9 Å². The Morgan fingerprint density at radius 1 is 1.41 bits per heavy atom. The first kappa shape index (κ1) is 12.6. The fourth-order valence-electron chi connectivity index (χ4n) is 1.51. The number of halogens is 3. The summed E-state index contributed by atoms with van der Waals surface area (Å²) in [6, 6.07) is 5.22. The average Bonchev–Trinajstić information content (AvgIpc) is 2.59. The van der Waals surface area contributed by atoms with Crippen LogP contribution in [-0.4, -0.2) is 16.1 Å². The van der Waals surface area contributed by atoms with Gasteiger partial charge in [0.2, 0.25) is 0 Å². The van der Waals surface area contributed by atoms with Crippen molar-refractivity contribution in [2.45, 2.75) is 0 Å². The van der Waals surface area contributed by atoms with Crippen LogP contribution < -0.4 is 0 Å². The van der Waals surface area contributed by atoms with Gasteiger partial charge in [0.05, 0.1) is 15.6 Å². The first-order valence-corrected chi connectivity index (χ1v) is 6.23. The van der Waals surface area contributed by atoms with Gasteiger partial charge in [0, 0.05) is 12.6 Å². The number of hydrogen-bond acceptors (Lipinski definition) is 2. The predicted molar refractivity (Wildman–Crippen MR) is 71.8 cm³/mol. The summed E-state index contributed by atoms with van der Waals surface area (Å²) in [4.78, 5) is 11.1. The molecule has 0 aliphatic heterocycles. The lowest BCUT2D eigenvalue weighted by atomic mass is 10.1. The van der Waals surface area contributed by atoms with Crippen LogP contribution in [0.2, 0.25) is 10.0 Å². The minimum absolute atomic E-state index is 0.392. The van der Waals surface area contributed by atoms with E-state index in [1.54, 1.807) is 29.9 Å². The number of benzene rings is 1. The molecule has 0 radical (unpaired) electrons. The number of hydrogen-bond donors (Lipinski definition) is 0. The van der Waals surface area contributed by atoms with Gasteiger partial charge in [-0.2, -0.15) is 5.10 Å². The number of carbonyl (C=O) groups is 1. The van der Waals surface area contributed by atoms with Crippen LogP contribution in [0.15, 0.2) is 22.8 Å². The first-order chi connectivity index (χ1) is 8.06. The van der Waals surface area contributed by atoms with E-state index in [1.807, 2.05) is 0 Å². The van der Waals surface area contributed by atoms with Crippen LogP contribution in [0.1, 0.15) is 10.4 Å². The van der Waals surface area contributed by atoms with Gasteiger partial charge in [0.15, 0.2) is 6.29 Å². The molecule has 17 heavy (non-hydrogen) atoms. The maximum absolute atomic E-state index is 11.1. The minimum atomic E-state index is 0.392. The van der Waals surface area contributed by atoms with E-state index in [1.165, 1.54) is 0 Å². The Labute approximate surface area is 116 Å². The second kappa shape index (κ2) is 4.80. The van der Waals surface area contributed by atoms with Crippen molar-refractivity contribution < 1.29 is 4.79 Å². The number of carbonyl (C=O) groups excluding carboxylic acids is 1. The summed E-state index contributed by atoms with van der Waals surface area (Å²) in [6.45, 7) is 0. The van der Waals surface area contributed by atoms with Crippen LogP contribution in [0.4, 0.5) is 0 Å². The minimum Gasteiger partial charge on any atom is -0.298 e. The fraction of sp³-hybridized carbons (Fsp3) is 0.0909. The maximum Gasteiger partial charge on any atom is 0.155 e. The zero-order valence-corrected chi connectivity index (χ0v) is 11.8. The Morgan fingerprint density at radius 3 is 2.76 bits per heavy atom. The van der Waals surface area contributed by atoms with Gasteiger partial charge in [-0.15, -0.1) is 0 Å². The third-order valence-corrected chi connectivity index (χ3v) is 4.10. The molecule has 0 saturated carbocycles. The van der Waals surface area contributed by atoms with E-state index < -0.39 is 0 Å². The molecular formula is C11H7BrCl2N2O.